The van der Waals surface area contributed by atoms with Crippen LogP contribution in [-0.4, -0.2) is 24.9 Å². The van der Waals surface area contributed by atoms with Gasteiger partial charge in [-0.1, -0.05) is 23.2 Å². The molecule has 0 saturated heterocycles. The Morgan fingerprint density at radius 2 is 1.32 bits per heavy atom. The smallest absolute Gasteiger partial charge is 0.134 e. The Bertz CT molecular complexity index is 366. The van der Waals surface area contributed by atoms with Crippen LogP contribution in [-0.2, 0) is 0 Å². The van der Waals surface area contributed by atoms with E-state index in [2.05, 4.69) is 20.8 Å². The van der Waals surface area contributed by atoms with E-state index >= 15 is 0 Å². The van der Waals surface area contributed by atoms with Gasteiger partial charge in [0.05, 0.1) is 5.02 Å². The molecular formula is C18H31Cl2OSn. The number of hydrogen-bond acceptors (Lipinski definition) is 1. The maximum atomic E-state index is 8.85. The first kappa shape index (κ1) is 22.4. The molecule has 0 unspecified atom stereocenters. The van der Waals surface area contributed by atoms with Gasteiger partial charge in [0.1, 0.15) is 5.75 Å². The van der Waals surface area contributed by atoms with E-state index in [1.54, 1.807) is 19.4 Å². The number of phenols is 1. The Labute approximate surface area is 154 Å². The monoisotopic (exact) mass is 453 g/mol. The summed E-state index contributed by atoms with van der Waals surface area (Å²) in [6.07, 6.45) is 8.85. The predicted molar refractivity (Wildman–Crippen MR) is 103 cm³/mol. The topological polar surface area (TPSA) is 20.2 Å². The molecule has 0 amide bonds. The summed E-state index contributed by atoms with van der Waals surface area (Å²) in [6.45, 7) is 7.00. The summed E-state index contributed by atoms with van der Waals surface area (Å²) in [4.78, 5) is 0. The minimum Gasteiger partial charge on any atom is -0.506 e. The van der Waals surface area contributed by atoms with E-state index in [-0.39, 0.29) is 10.8 Å². The summed E-state index contributed by atoms with van der Waals surface area (Å²) in [5, 5.41) is 9.66. The summed E-state index contributed by atoms with van der Waals surface area (Å²) in [5.41, 5.74) is 0. The molecule has 1 aromatic carbocycles. The molecule has 0 saturated carbocycles. The quantitative estimate of drug-likeness (QED) is 0.383. The fraction of sp³-hybridized carbons (Fsp3) is 0.667. The van der Waals surface area contributed by atoms with Gasteiger partial charge in [0.2, 0.25) is 0 Å². The molecule has 0 atom stereocenters. The second kappa shape index (κ2) is 15.0. The molecule has 1 nitrogen and oxygen atoms in total. The van der Waals surface area contributed by atoms with Gasteiger partial charge in [-0.15, -0.1) is 0 Å². The molecule has 1 radical (unpaired) electrons. The number of aromatic hydroxyl groups is 1. The Morgan fingerprint density at radius 1 is 0.864 bits per heavy atom. The van der Waals surface area contributed by atoms with E-state index in [0.717, 1.165) is 0 Å². The molecule has 0 aliphatic rings. The number of phenolic OH excluding ortho intramolecular Hbond substituents is 1. The van der Waals surface area contributed by atoms with Crippen LogP contribution in [0.25, 0.3) is 0 Å². The van der Waals surface area contributed by atoms with E-state index in [0.29, 0.717) is 5.02 Å². The fourth-order valence-electron chi connectivity index (χ4n) is 2.14. The SMILES string of the molecule is CCC[CH2][Sn]([CH2]CCC)[CH2]CCC.Oc1ccc(Cl)cc1Cl. The van der Waals surface area contributed by atoms with Crippen LogP contribution in [0.2, 0.25) is 23.4 Å². The fourth-order valence-corrected chi connectivity index (χ4v) is 12.0. The third kappa shape index (κ3) is 11.9. The van der Waals surface area contributed by atoms with Crippen LogP contribution in [0.4, 0.5) is 0 Å². The number of unbranched alkanes of at least 4 members (excludes halogenated alkanes) is 3. The number of benzene rings is 1. The average Bonchev–Trinajstić information content (AvgIpc) is 2.51. The number of hydrogen-bond donors (Lipinski definition) is 1. The molecule has 0 aliphatic carbocycles. The summed E-state index contributed by atoms with van der Waals surface area (Å²) in [5.74, 6) is 0.0565. The number of halogens is 2. The second-order valence-electron chi connectivity index (χ2n) is 5.66. The van der Waals surface area contributed by atoms with E-state index < -0.39 is 19.8 Å². The number of rotatable bonds is 9. The summed E-state index contributed by atoms with van der Waals surface area (Å²) < 4.78 is 5.04. The first-order chi connectivity index (χ1) is 10.5. The second-order valence-corrected chi connectivity index (χ2v) is 15.1. The average molecular weight is 453 g/mol. The summed E-state index contributed by atoms with van der Waals surface area (Å²) in [7, 11) is 0. The van der Waals surface area contributed by atoms with Crippen molar-refractivity contribution in [3.05, 3.63) is 28.2 Å². The Hall–Kier alpha value is 0.399. The molecule has 0 bridgehead atoms. The molecule has 1 rings (SSSR count). The van der Waals surface area contributed by atoms with Crippen molar-refractivity contribution in [2.75, 3.05) is 0 Å². The third-order valence-electron chi connectivity index (χ3n) is 3.56. The first-order valence-corrected chi connectivity index (χ1v) is 15.3. The Balaban J connectivity index is 0.000000425. The van der Waals surface area contributed by atoms with Gasteiger partial charge >= 0.3 is 92.4 Å². The Kier molecular flexibility index (Phi) is 15.2. The maximum Gasteiger partial charge on any atom is 0.134 e. The molecule has 0 fully saturated rings. The predicted octanol–water partition coefficient (Wildman–Crippen LogP) is 7.58. The van der Waals surface area contributed by atoms with Crippen LogP contribution >= 0.6 is 23.2 Å². The van der Waals surface area contributed by atoms with Crippen LogP contribution in [0, 0.1) is 0 Å². The molecule has 0 spiro atoms. The zero-order valence-corrected chi connectivity index (χ0v) is 18.7. The molecule has 0 aromatic heterocycles. The van der Waals surface area contributed by atoms with Gasteiger partial charge in [-0.2, -0.15) is 0 Å². The normalized spacial score (nSPS) is 10.5. The Morgan fingerprint density at radius 3 is 1.64 bits per heavy atom. The van der Waals surface area contributed by atoms with Gasteiger partial charge in [0.25, 0.3) is 0 Å². The van der Waals surface area contributed by atoms with E-state index in [4.69, 9.17) is 28.3 Å². The van der Waals surface area contributed by atoms with Crippen LogP contribution in [0.5, 0.6) is 5.75 Å². The maximum absolute atomic E-state index is 8.85. The van der Waals surface area contributed by atoms with Gasteiger partial charge in [-0.25, -0.2) is 0 Å². The molecule has 1 aromatic rings. The molecule has 127 valence electrons. The van der Waals surface area contributed by atoms with Crippen LogP contribution < -0.4 is 0 Å². The van der Waals surface area contributed by atoms with Crippen molar-refractivity contribution in [1.82, 2.24) is 0 Å². The van der Waals surface area contributed by atoms with E-state index in [9.17, 15) is 0 Å². The van der Waals surface area contributed by atoms with Gasteiger partial charge in [-0.3, -0.25) is 0 Å². The van der Waals surface area contributed by atoms with Gasteiger partial charge in [0.15, 0.2) is 0 Å². The van der Waals surface area contributed by atoms with Crippen molar-refractivity contribution in [2.24, 2.45) is 0 Å². The van der Waals surface area contributed by atoms with Crippen LogP contribution in [0.3, 0.4) is 0 Å². The van der Waals surface area contributed by atoms with Crippen molar-refractivity contribution >= 4 is 43.0 Å². The summed E-state index contributed by atoms with van der Waals surface area (Å²) >= 11 is 10.2. The summed E-state index contributed by atoms with van der Waals surface area (Å²) in [6, 6.07) is 4.51. The third-order valence-corrected chi connectivity index (χ3v) is 13.2. The van der Waals surface area contributed by atoms with Crippen molar-refractivity contribution in [3.63, 3.8) is 0 Å². The molecule has 22 heavy (non-hydrogen) atoms. The molecule has 4 heteroatoms. The van der Waals surface area contributed by atoms with E-state index in [1.165, 1.54) is 50.7 Å². The van der Waals surface area contributed by atoms with Gasteiger partial charge in [0, 0.05) is 5.02 Å². The van der Waals surface area contributed by atoms with Crippen molar-refractivity contribution in [1.29, 1.82) is 0 Å². The molecule has 0 heterocycles. The minimum atomic E-state index is -0.839. The van der Waals surface area contributed by atoms with Crippen molar-refractivity contribution in [3.8, 4) is 5.75 Å². The zero-order chi connectivity index (χ0) is 16.8. The first-order valence-electron chi connectivity index (χ1n) is 8.52. The van der Waals surface area contributed by atoms with Crippen molar-refractivity contribution < 1.29 is 5.11 Å². The molecular weight excluding hydrogens is 422 g/mol. The van der Waals surface area contributed by atoms with Gasteiger partial charge < -0.3 is 5.11 Å². The molecule has 1 N–H and O–H groups in total. The van der Waals surface area contributed by atoms with Crippen LogP contribution in [0.15, 0.2) is 18.2 Å². The van der Waals surface area contributed by atoms with Crippen molar-refractivity contribution in [2.45, 2.75) is 72.6 Å². The standard InChI is InChI=1S/C6H4Cl2O.3C4H9.Sn/c7-4-1-2-6(9)5(8)3-4;3*1-3-4-2;/h1-3,9H;3*1,3-4H2,2H3;. The molecule has 0 aliphatic heterocycles. The minimum absolute atomic E-state index is 0.0565. The largest absolute Gasteiger partial charge is 0.506 e. The van der Waals surface area contributed by atoms with Crippen LogP contribution in [0.1, 0.15) is 59.3 Å². The van der Waals surface area contributed by atoms with Gasteiger partial charge in [-0.05, 0) is 18.2 Å². The van der Waals surface area contributed by atoms with E-state index in [1.807, 2.05) is 0 Å². The zero-order valence-electron chi connectivity index (χ0n) is 14.3.